The van der Waals surface area contributed by atoms with E-state index in [4.69, 9.17) is 11.1 Å². The minimum absolute atomic E-state index is 0.114. The molecule has 0 aromatic carbocycles. The zero-order valence-electron chi connectivity index (χ0n) is 12.4. The van der Waals surface area contributed by atoms with Gasteiger partial charge in [0.2, 0.25) is 0 Å². The molecule has 0 radical (unpaired) electrons. The van der Waals surface area contributed by atoms with Gasteiger partial charge in [0.25, 0.3) is 0 Å². The molecule has 108 valence electrons. The van der Waals surface area contributed by atoms with Gasteiger partial charge in [-0.1, -0.05) is 49.8 Å². The molecule has 0 saturated carbocycles. The Bertz CT molecular complexity index is 237. The molecule has 2 heteroatoms. The second-order valence-corrected chi connectivity index (χ2v) is 7.14. The van der Waals surface area contributed by atoms with Gasteiger partial charge in [0.05, 0.1) is 0 Å². The average Bonchev–Trinajstić information content (AvgIpc) is 3.14. The van der Waals surface area contributed by atoms with Crippen LogP contribution in [-0.2, 0) is 0 Å². The maximum atomic E-state index is 5.44. The van der Waals surface area contributed by atoms with Gasteiger partial charge < -0.3 is 0 Å². The highest BCUT2D eigenvalue weighted by molar-refractivity contribution is 6.93. The van der Waals surface area contributed by atoms with Gasteiger partial charge in [-0.15, -0.1) is 13.2 Å². The summed E-state index contributed by atoms with van der Waals surface area (Å²) in [6.07, 6.45) is 19.0. The molecule has 0 N–H and O–H groups in total. The lowest BCUT2D eigenvalue weighted by molar-refractivity contribution is 0.718. The predicted molar refractivity (Wildman–Crippen MR) is 93.6 cm³/mol. The van der Waals surface area contributed by atoms with Crippen LogP contribution in [0.3, 0.4) is 0 Å². The smallest absolute Gasteiger partial charge is 0.125 e. The van der Waals surface area contributed by atoms with E-state index in [0.29, 0.717) is 0 Å². The Morgan fingerprint density at radius 3 is 1.47 bits per heavy atom. The molecule has 0 bridgehead atoms. The lowest BCUT2D eigenvalue weighted by Gasteiger charge is -1.95. The molecule has 0 unspecified atom stereocenters. The minimum atomic E-state index is -0.114. The van der Waals surface area contributed by atoms with Crippen molar-refractivity contribution in [3.05, 3.63) is 49.6 Å². The predicted octanol–water partition coefficient (Wildman–Crippen LogP) is 5.41. The molecule has 0 aromatic rings. The molecule has 0 aliphatic heterocycles. The van der Waals surface area contributed by atoms with Crippen molar-refractivity contribution in [1.82, 2.24) is 0 Å². The molecule has 0 saturated heterocycles. The highest BCUT2D eigenvalue weighted by atomic mass is 35.6. The molecule has 0 fully saturated rings. The quantitative estimate of drug-likeness (QED) is 0.369. The Morgan fingerprint density at radius 2 is 1.37 bits per heavy atom. The summed E-state index contributed by atoms with van der Waals surface area (Å²) in [6.45, 7) is 9.57. The third-order valence-corrected chi connectivity index (χ3v) is 5.02. The van der Waals surface area contributed by atoms with Gasteiger partial charge in [-0.3, -0.25) is 0 Å². The number of allylic oxidation sites excluding steroid dienone is 6. The van der Waals surface area contributed by atoms with Crippen LogP contribution in [0.1, 0.15) is 39.0 Å². The van der Waals surface area contributed by atoms with E-state index >= 15 is 0 Å². The summed E-state index contributed by atoms with van der Waals surface area (Å²) in [5.41, 5.74) is 0. The van der Waals surface area contributed by atoms with Gasteiger partial charge in [-0.05, 0) is 43.6 Å². The van der Waals surface area contributed by atoms with E-state index in [-0.39, 0.29) is 8.83 Å². The Hall–Kier alpha value is -0.533. The van der Waals surface area contributed by atoms with E-state index in [2.05, 4.69) is 44.4 Å². The lowest BCUT2D eigenvalue weighted by Crippen LogP contribution is -1.83. The summed E-state index contributed by atoms with van der Waals surface area (Å²) in [6, 6.07) is 1.29. The fraction of sp³-hybridized carbons (Fsp3) is 0.529. The Kier molecular flexibility index (Phi) is 13.5. The minimum Gasteiger partial charge on any atom is -0.176 e. The van der Waals surface area contributed by atoms with E-state index in [1.54, 1.807) is 0 Å². The van der Waals surface area contributed by atoms with Crippen LogP contribution >= 0.6 is 11.1 Å². The van der Waals surface area contributed by atoms with E-state index in [1.807, 2.05) is 12.2 Å². The molecule has 2 aliphatic rings. The van der Waals surface area contributed by atoms with Crippen molar-refractivity contribution in [1.29, 1.82) is 0 Å². The van der Waals surface area contributed by atoms with Gasteiger partial charge >= 0.3 is 0 Å². The molecule has 19 heavy (non-hydrogen) atoms. The standard InChI is InChI=1S/2C7H10.C3H9ClSi/c2*1-2-7-5-3-4-6-7;1-2-3-5-4/h2*2-4,7H,1,5-6H2;2-3,5H2,1H3. The van der Waals surface area contributed by atoms with Crippen molar-refractivity contribution in [3.8, 4) is 0 Å². The van der Waals surface area contributed by atoms with Crippen LogP contribution in [0, 0.1) is 11.8 Å². The largest absolute Gasteiger partial charge is 0.176 e. The summed E-state index contributed by atoms with van der Waals surface area (Å²) in [5, 5.41) is 0. The van der Waals surface area contributed by atoms with Crippen molar-refractivity contribution in [2.45, 2.75) is 45.1 Å². The first-order chi connectivity index (χ1) is 9.28. The first-order valence-corrected chi connectivity index (χ1v) is 10.5. The Morgan fingerprint density at radius 1 is 1.00 bits per heavy atom. The van der Waals surface area contributed by atoms with Crippen molar-refractivity contribution in [2.75, 3.05) is 0 Å². The molecule has 0 spiro atoms. The van der Waals surface area contributed by atoms with Crippen molar-refractivity contribution in [3.63, 3.8) is 0 Å². The first-order valence-electron chi connectivity index (χ1n) is 7.39. The maximum absolute atomic E-state index is 5.44. The third kappa shape index (κ3) is 11.0. The van der Waals surface area contributed by atoms with Gasteiger partial charge in [-0.25, -0.2) is 0 Å². The number of hydrogen-bond donors (Lipinski definition) is 0. The molecule has 0 nitrogen and oxygen atoms in total. The normalized spacial score (nSPS) is 18.0. The Labute approximate surface area is 126 Å². The van der Waals surface area contributed by atoms with Crippen LogP contribution in [0.5, 0.6) is 0 Å². The zero-order chi connectivity index (χ0) is 14.3. The molecule has 0 heterocycles. The van der Waals surface area contributed by atoms with E-state index in [1.165, 1.54) is 38.1 Å². The molecular formula is C17H29ClSi. The van der Waals surface area contributed by atoms with Crippen LogP contribution in [0.2, 0.25) is 6.04 Å². The average molecular weight is 297 g/mol. The SMILES string of the molecule is C=CC1CC=CC1.C=CC1CC=CC1.CCC[SiH2]Cl. The number of rotatable bonds is 4. The zero-order valence-corrected chi connectivity index (χ0v) is 14.5. The summed E-state index contributed by atoms with van der Waals surface area (Å²) in [4.78, 5) is 0. The van der Waals surface area contributed by atoms with Gasteiger partial charge in [-0.2, -0.15) is 11.1 Å². The fourth-order valence-electron chi connectivity index (χ4n) is 1.80. The number of halogens is 1. The molecule has 0 aromatic heterocycles. The second kappa shape index (κ2) is 13.9. The molecule has 2 rings (SSSR count). The molecule has 2 aliphatic carbocycles. The van der Waals surface area contributed by atoms with Crippen LogP contribution in [0.4, 0.5) is 0 Å². The summed E-state index contributed by atoms with van der Waals surface area (Å²) in [5.74, 6) is 1.50. The second-order valence-electron chi connectivity index (χ2n) is 4.92. The highest BCUT2D eigenvalue weighted by Crippen LogP contribution is 2.17. The van der Waals surface area contributed by atoms with Gasteiger partial charge in [0.1, 0.15) is 8.83 Å². The van der Waals surface area contributed by atoms with Crippen LogP contribution in [0.15, 0.2) is 49.6 Å². The van der Waals surface area contributed by atoms with Gasteiger partial charge in [0.15, 0.2) is 0 Å². The first kappa shape index (κ1) is 18.5. The lowest BCUT2D eigenvalue weighted by atomic mass is 10.1. The Balaban J connectivity index is 0.000000261. The third-order valence-electron chi connectivity index (χ3n) is 3.24. The summed E-state index contributed by atoms with van der Waals surface area (Å²) in [7, 11) is -0.114. The number of hydrogen-bond acceptors (Lipinski definition) is 0. The van der Waals surface area contributed by atoms with Crippen molar-refractivity contribution >= 4 is 19.9 Å². The molecular weight excluding hydrogens is 268 g/mol. The van der Waals surface area contributed by atoms with E-state index in [0.717, 1.165) is 11.8 Å². The highest BCUT2D eigenvalue weighted by Gasteiger charge is 2.03. The molecule has 0 amide bonds. The monoisotopic (exact) mass is 296 g/mol. The van der Waals surface area contributed by atoms with Gasteiger partial charge in [0, 0.05) is 0 Å². The topological polar surface area (TPSA) is 0 Å². The fourth-order valence-corrected chi connectivity index (χ4v) is 2.86. The van der Waals surface area contributed by atoms with E-state index < -0.39 is 0 Å². The summed E-state index contributed by atoms with van der Waals surface area (Å²) >= 11 is 5.44. The van der Waals surface area contributed by atoms with Crippen molar-refractivity contribution in [2.24, 2.45) is 11.8 Å². The molecule has 0 atom stereocenters. The van der Waals surface area contributed by atoms with Crippen LogP contribution in [0.25, 0.3) is 0 Å². The van der Waals surface area contributed by atoms with Crippen LogP contribution < -0.4 is 0 Å². The summed E-state index contributed by atoms with van der Waals surface area (Å²) < 4.78 is 0. The van der Waals surface area contributed by atoms with Crippen LogP contribution in [-0.4, -0.2) is 8.83 Å². The maximum Gasteiger partial charge on any atom is 0.125 e. The van der Waals surface area contributed by atoms with Crippen molar-refractivity contribution < 1.29 is 0 Å². The van der Waals surface area contributed by atoms with E-state index in [9.17, 15) is 0 Å².